The van der Waals surface area contributed by atoms with E-state index >= 15 is 0 Å². The summed E-state index contributed by atoms with van der Waals surface area (Å²) in [5.41, 5.74) is 0.980. The number of hydrogen-bond acceptors (Lipinski definition) is 3. The smallest absolute Gasteiger partial charge is 0.305 e. The number of allylic oxidation sites excluding steroid dienone is 2. The van der Waals surface area contributed by atoms with Crippen molar-refractivity contribution < 1.29 is 14.3 Å². The van der Waals surface area contributed by atoms with Crippen LogP contribution in [0.15, 0.2) is 11.6 Å². The topological polar surface area (TPSA) is 43.4 Å². The zero-order valence-corrected chi connectivity index (χ0v) is 15.3. The van der Waals surface area contributed by atoms with Crippen molar-refractivity contribution in [3.63, 3.8) is 0 Å². The Bertz CT molecular complexity index is 377. The van der Waals surface area contributed by atoms with Gasteiger partial charge in [0.15, 0.2) is 5.78 Å². The SMILES string of the molecule is CCCCCCOC(=O)CCCCCCC1=CC(Br)CC1=O. The number of alkyl halides is 1. The van der Waals surface area contributed by atoms with Gasteiger partial charge in [0.25, 0.3) is 0 Å². The molecule has 0 N–H and O–H groups in total. The molecule has 126 valence electrons. The van der Waals surface area contributed by atoms with Crippen LogP contribution < -0.4 is 0 Å². The highest BCUT2D eigenvalue weighted by Gasteiger charge is 2.20. The lowest BCUT2D eigenvalue weighted by molar-refractivity contribution is -0.143. The normalized spacial score (nSPS) is 17.6. The number of hydrogen-bond donors (Lipinski definition) is 0. The van der Waals surface area contributed by atoms with Crippen LogP contribution >= 0.6 is 15.9 Å². The molecule has 1 atom stereocenters. The van der Waals surface area contributed by atoms with Crippen LogP contribution in [0, 0.1) is 0 Å². The minimum Gasteiger partial charge on any atom is -0.466 e. The van der Waals surface area contributed by atoms with Gasteiger partial charge in [-0.3, -0.25) is 9.59 Å². The quantitative estimate of drug-likeness (QED) is 0.271. The molecule has 3 nitrogen and oxygen atoms in total. The van der Waals surface area contributed by atoms with E-state index in [1.165, 1.54) is 12.8 Å². The highest BCUT2D eigenvalue weighted by atomic mass is 79.9. The third kappa shape index (κ3) is 8.72. The minimum absolute atomic E-state index is 0.0627. The highest BCUT2D eigenvalue weighted by Crippen LogP contribution is 2.25. The Morgan fingerprint density at radius 3 is 2.59 bits per heavy atom. The van der Waals surface area contributed by atoms with E-state index in [-0.39, 0.29) is 16.6 Å². The first-order chi connectivity index (χ1) is 10.6. The third-order valence-corrected chi connectivity index (χ3v) is 4.55. The van der Waals surface area contributed by atoms with Gasteiger partial charge >= 0.3 is 5.97 Å². The van der Waals surface area contributed by atoms with Crippen LogP contribution in [0.25, 0.3) is 0 Å². The highest BCUT2D eigenvalue weighted by molar-refractivity contribution is 9.09. The molecule has 0 saturated carbocycles. The Labute approximate surface area is 143 Å². The number of halogens is 1. The van der Waals surface area contributed by atoms with E-state index < -0.39 is 0 Å². The number of ketones is 1. The molecule has 0 bridgehead atoms. The van der Waals surface area contributed by atoms with E-state index in [0.29, 0.717) is 19.4 Å². The molecule has 0 aliphatic heterocycles. The number of esters is 1. The molecule has 0 aromatic rings. The fourth-order valence-corrected chi connectivity index (χ4v) is 3.24. The lowest BCUT2D eigenvalue weighted by Gasteiger charge is -2.05. The number of rotatable bonds is 12. The molecule has 1 rings (SSSR count). The fourth-order valence-electron chi connectivity index (χ4n) is 2.63. The maximum Gasteiger partial charge on any atom is 0.305 e. The average molecular weight is 373 g/mol. The van der Waals surface area contributed by atoms with Crippen LogP contribution in [0.3, 0.4) is 0 Å². The van der Waals surface area contributed by atoms with Crippen LogP contribution in [0.5, 0.6) is 0 Å². The molecule has 0 aromatic heterocycles. The zero-order chi connectivity index (χ0) is 16.2. The Hall–Kier alpha value is -0.640. The Kier molecular flexibility index (Phi) is 10.5. The monoisotopic (exact) mass is 372 g/mol. The van der Waals surface area contributed by atoms with Gasteiger partial charge in [-0.1, -0.05) is 61.0 Å². The van der Waals surface area contributed by atoms with Crippen molar-refractivity contribution in [3.8, 4) is 0 Å². The van der Waals surface area contributed by atoms with Crippen molar-refractivity contribution in [2.24, 2.45) is 0 Å². The van der Waals surface area contributed by atoms with Gasteiger partial charge in [0.1, 0.15) is 0 Å². The molecule has 0 spiro atoms. The molecular weight excluding hydrogens is 344 g/mol. The van der Waals surface area contributed by atoms with Crippen LogP contribution in [-0.2, 0) is 14.3 Å². The van der Waals surface area contributed by atoms with Crippen LogP contribution in [0.4, 0.5) is 0 Å². The van der Waals surface area contributed by atoms with E-state index in [9.17, 15) is 9.59 Å². The molecular formula is C18H29BrO3. The van der Waals surface area contributed by atoms with E-state index in [4.69, 9.17) is 4.74 Å². The second-order valence-electron chi connectivity index (χ2n) is 6.03. The van der Waals surface area contributed by atoms with E-state index in [0.717, 1.165) is 50.5 Å². The molecule has 0 heterocycles. The van der Waals surface area contributed by atoms with Crippen LogP contribution in [-0.4, -0.2) is 23.2 Å². The second-order valence-corrected chi connectivity index (χ2v) is 7.21. The minimum atomic E-state index is -0.0627. The van der Waals surface area contributed by atoms with Crippen LogP contribution in [0.2, 0.25) is 0 Å². The first-order valence-corrected chi connectivity index (χ1v) is 9.58. The van der Waals surface area contributed by atoms with Gasteiger partial charge in [-0.05, 0) is 31.3 Å². The number of carbonyl (C=O) groups excluding carboxylic acids is 2. The van der Waals surface area contributed by atoms with Gasteiger partial charge in [-0.25, -0.2) is 0 Å². The van der Waals surface area contributed by atoms with Gasteiger partial charge in [0.05, 0.1) is 6.61 Å². The lowest BCUT2D eigenvalue weighted by Crippen LogP contribution is -2.05. The average Bonchev–Trinajstić information content (AvgIpc) is 2.80. The molecule has 1 aliphatic carbocycles. The zero-order valence-electron chi connectivity index (χ0n) is 13.7. The summed E-state index contributed by atoms with van der Waals surface area (Å²) in [7, 11) is 0. The number of unbranched alkanes of at least 4 members (excludes halogenated alkanes) is 6. The summed E-state index contributed by atoms with van der Waals surface area (Å²) >= 11 is 3.45. The second kappa shape index (κ2) is 11.9. The number of ether oxygens (including phenoxy) is 1. The van der Waals surface area contributed by atoms with Gasteiger partial charge in [-0.15, -0.1) is 0 Å². The molecule has 0 radical (unpaired) electrons. The Morgan fingerprint density at radius 1 is 1.18 bits per heavy atom. The third-order valence-electron chi connectivity index (χ3n) is 3.96. The van der Waals surface area contributed by atoms with Crippen LogP contribution in [0.1, 0.15) is 77.6 Å². The Balaban J connectivity index is 1.91. The number of carbonyl (C=O) groups is 2. The van der Waals surface area contributed by atoms with E-state index in [2.05, 4.69) is 22.9 Å². The molecule has 1 unspecified atom stereocenters. The molecule has 22 heavy (non-hydrogen) atoms. The molecule has 4 heteroatoms. The van der Waals surface area contributed by atoms with Crippen molar-refractivity contribution in [2.45, 2.75) is 82.4 Å². The molecule has 0 fully saturated rings. The maximum absolute atomic E-state index is 11.6. The van der Waals surface area contributed by atoms with Gasteiger partial charge in [0, 0.05) is 17.7 Å². The summed E-state index contributed by atoms with van der Waals surface area (Å²) in [4.78, 5) is 23.4. The molecule has 1 aliphatic rings. The standard InChI is InChI=1S/C18H29BrO3/c1-2-3-4-9-12-22-18(21)11-8-6-5-7-10-15-13-16(19)14-17(15)20/h13,16H,2-12,14H2,1H3. The van der Waals surface area contributed by atoms with Crippen molar-refractivity contribution in [2.75, 3.05) is 6.61 Å². The predicted octanol–water partition coefficient (Wildman–Crippen LogP) is 5.11. The van der Waals surface area contributed by atoms with Crippen molar-refractivity contribution in [1.82, 2.24) is 0 Å². The summed E-state index contributed by atoms with van der Waals surface area (Å²) in [6.07, 6.45) is 12.6. The van der Waals surface area contributed by atoms with Crippen molar-refractivity contribution in [3.05, 3.63) is 11.6 Å². The largest absolute Gasteiger partial charge is 0.466 e. The van der Waals surface area contributed by atoms with E-state index in [1.54, 1.807) is 0 Å². The summed E-state index contributed by atoms with van der Waals surface area (Å²) in [5.74, 6) is 0.223. The van der Waals surface area contributed by atoms with Crippen molar-refractivity contribution >= 4 is 27.7 Å². The maximum atomic E-state index is 11.6. The summed E-state index contributed by atoms with van der Waals surface area (Å²) in [5, 5.41) is 0. The molecule has 0 aromatic carbocycles. The summed E-state index contributed by atoms with van der Waals surface area (Å²) in [6, 6.07) is 0. The van der Waals surface area contributed by atoms with E-state index in [1.807, 2.05) is 6.08 Å². The molecule has 0 amide bonds. The summed E-state index contributed by atoms with van der Waals surface area (Å²) in [6.45, 7) is 2.74. The first-order valence-electron chi connectivity index (χ1n) is 8.67. The lowest BCUT2D eigenvalue weighted by atomic mass is 10.0. The van der Waals surface area contributed by atoms with Gasteiger partial charge < -0.3 is 4.74 Å². The Morgan fingerprint density at radius 2 is 1.91 bits per heavy atom. The van der Waals surface area contributed by atoms with Crippen molar-refractivity contribution in [1.29, 1.82) is 0 Å². The van der Waals surface area contributed by atoms with Gasteiger partial charge in [0.2, 0.25) is 0 Å². The van der Waals surface area contributed by atoms with Gasteiger partial charge in [-0.2, -0.15) is 0 Å². The summed E-state index contributed by atoms with van der Waals surface area (Å²) < 4.78 is 5.20. The number of Topliss-reactive ketones (excluding diaryl/α,β-unsaturated/α-hetero) is 1. The predicted molar refractivity (Wildman–Crippen MR) is 93.2 cm³/mol. The first kappa shape index (κ1) is 19.4. The molecule has 0 saturated heterocycles. The fraction of sp³-hybridized carbons (Fsp3) is 0.778.